The third-order valence-electron chi connectivity index (χ3n) is 7.24. The molecule has 6 heteroatoms. The van der Waals surface area contributed by atoms with Gasteiger partial charge in [0, 0.05) is 73.2 Å². The van der Waals surface area contributed by atoms with Crippen LogP contribution in [0.4, 0.5) is 5.69 Å². The highest BCUT2D eigenvalue weighted by molar-refractivity contribution is 6.02. The Labute approximate surface area is 225 Å². The van der Waals surface area contributed by atoms with Crippen molar-refractivity contribution in [2.75, 3.05) is 45.6 Å². The molecule has 0 radical (unpaired) electrons. The van der Waals surface area contributed by atoms with Crippen LogP contribution in [0.15, 0.2) is 65.1 Å². The van der Waals surface area contributed by atoms with Crippen molar-refractivity contribution in [2.45, 2.75) is 32.7 Å². The van der Waals surface area contributed by atoms with E-state index in [0.717, 1.165) is 79.0 Å². The van der Waals surface area contributed by atoms with Crippen molar-refractivity contribution in [3.63, 3.8) is 0 Å². The molecule has 2 aliphatic heterocycles. The fourth-order valence-electron chi connectivity index (χ4n) is 5.11. The molecule has 0 spiro atoms. The summed E-state index contributed by atoms with van der Waals surface area (Å²) in [5.41, 5.74) is 12.3. The average Bonchev–Trinajstić information content (AvgIpc) is 2.91. The number of Topliss-reactive ketones (excluding diaryl/α,β-unsaturated/α-hetero) is 1. The van der Waals surface area contributed by atoms with Crippen molar-refractivity contribution >= 4 is 22.4 Å². The molecule has 200 valence electrons. The Morgan fingerprint density at radius 2 is 1.87 bits per heavy atom. The van der Waals surface area contributed by atoms with Crippen LogP contribution in [0.1, 0.15) is 31.7 Å². The molecule has 2 aromatic rings. The van der Waals surface area contributed by atoms with Gasteiger partial charge >= 0.3 is 0 Å². The minimum absolute atomic E-state index is 0. The van der Waals surface area contributed by atoms with Gasteiger partial charge < -0.3 is 22.3 Å². The van der Waals surface area contributed by atoms with Gasteiger partial charge in [0.05, 0.1) is 19.3 Å². The van der Waals surface area contributed by atoms with E-state index in [2.05, 4.69) is 65.1 Å². The first-order valence-corrected chi connectivity index (χ1v) is 13.2. The zero-order chi connectivity index (χ0) is 25.8. The number of benzene rings is 3. The lowest BCUT2D eigenvalue weighted by atomic mass is 9.92. The summed E-state index contributed by atoms with van der Waals surface area (Å²) in [7, 11) is 2.06. The number of nitrogen functional groups attached to an aromatic ring is 1. The Morgan fingerprint density at radius 3 is 2.66 bits per heavy atom. The van der Waals surface area contributed by atoms with Crippen LogP contribution in [0.2, 0.25) is 0 Å². The Bertz CT molecular complexity index is 1450. The molecule has 0 aromatic heterocycles. The van der Waals surface area contributed by atoms with E-state index in [1.165, 1.54) is 11.1 Å². The second-order valence-electron chi connectivity index (χ2n) is 9.92. The van der Waals surface area contributed by atoms with E-state index in [1.807, 2.05) is 19.1 Å². The van der Waals surface area contributed by atoms with Gasteiger partial charge in [0.1, 0.15) is 30.7 Å². The SMILES string of the molecule is CCC(=O)CCC[N+](C)=c1ccc2c(-c3cccc(CN4CCOCC4)c3)c3ccc(N)cc3oc-2c1.[CH3-]. The smallest absolute Gasteiger partial charge is 0.203 e. The summed E-state index contributed by atoms with van der Waals surface area (Å²) in [4.78, 5) is 14.2. The Morgan fingerprint density at radius 1 is 1.05 bits per heavy atom. The lowest BCUT2D eigenvalue weighted by Gasteiger charge is -2.26. The fourth-order valence-corrected chi connectivity index (χ4v) is 5.11. The second kappa shape index (κ2) is 12.4. The van der Waals surface area contributed by atoms with Gasteiger partial charge in [-0.2, -0.15) is 0 Å². The summed E-state index contributed by atoms with van der Waals surface area (Å²) in [6.07, 6.45) is 2.06. The summed E-state index contributed by atoms with van der Waals surface area (Å²) >= 11 is 0. The molecule has 2 N–H and O–H groups in total. The molecule has 6 nitrogen and oxygen atoms in total. The van der Waals surface area contributed by atoms with E-state index in [9.17, 15) is 4.79 Å². The van der Waals surface area contributed by atoms with Crippen molar-refractivity contribution in [1.82, 2.24) is 9.48 Å². The van der Waals surface area contributed by atoms with Gasteiger partial charge in [0.2, 0.25) is 5.36 Å². The fraction of sp³-hybridized carbons (Fsp3) is 0.344. The number of hydrogen-bond acceptors (Lipinski definition) is 5. The van der Waals surface area contributed by atoms with Gasteiger partial charge in [0.25, 0.3) is 0 Å². The number of ketones is 1. The Balaban J connectivity index is 0.00000336. The maximum absolute atomic E-state index is 11.7. The number of carbonyl (C=O) groups is 1. The number of nitrogens with zero attached hydrogens (tertiary/aromatic N) is 2. The normalized spacial score (nSPS) is 14.9. The van der Waals surface area contributed by atoms with Gasteiger partial charge in [-0.3, -0.25) is 9.69 Å². The first-order valence-electron chi connectivity index (χ1n) is 13.2. The lowest BCUT2D eigenvalue weighted by Crippen LogP contribution is -2.35. The Hall–Kier alpha value is -3.48. The summed E-state index contributed by atoms with van der Waals surface area (Å²) < 4.78 is 14.1. The molecule has 5 rings (SSSR count). The number of nitrogens with two attached hydrogens (primary N) is 1. The van der Waals surface area contributed by atoms with Crippen LogP contribution >= 0.6 is 0 Å². The minimum atomic E-state index is 0. The second-order valence-corrected chi connectivity index (χ2v) is 9.92. The molecule has 0 saturated carbocycles. The molecular weight excluding hydrogens is 474 g/mol. The van der Waals surface area contributed by atoms with E-state index < -0.39 is 0 Å². The number of rotatable bonds is 8. The maximum atomic E-state index is 11.7. The van der Waals surface area contributed by atoms with Crippen molar-refractivity contribution in [2.24, 2.45) is 0 Å². The van der Waals surface area contributed by atoms with E-state index in [0.29, 0.717) is 24.3 Å². The molecule has 0 bridgehead atoms. The van der Waals surface area contributed by atoms with Gasteiger partial charge in [-0.15, -0.1) is 0 Å². The molecule has 3 aliphatic rings. The molecule has 0 atom stereocenters. The van der Waals surface area contributed by atoms with E-state index >= 15 is 0 Å². The van der Waals surface area contributed by atoms with Crippen LogP contribution in [0.25, 0.3) is 33.4 Å². The van der Waals surface area contributed by atoms with Crippen LogP contribution in [-0.2, 0) is 16.1 Å². The number of fused-ring (bicyclic) bond motifs is 2. The molecule has 1 fully saturated rings. The lowest BCUT2D eigenvalue weighted by molar-refractivity contribution is -0.118. The van der Waals surface area contributed by atoms with E-state index in [4.69, 9.17) is 14.9 Å². The van der Waals surface area contributed by atoms with Gasteiger partial charge in [0.15, 0.2) is 0 Å². The first kappa shape index (κ1) is 27.6. The van der Waals surface area contributed by atoms with Crippen molar-refractivity contribution in [1.29, 1.82) is 0 Å². The summed E-state index contributed by atoms with van der Waals surface area (Å²) in [6.45, 7) is 7.15. The molecule has 0 unspecified atom stereocenters. The molecule has 2 aromatic carbocycles. The zero-order valence-electron chi connectivity index (χ0n) is 22.8. The third kappa shape index (κ3) is 6.14. The standard InChI is InChI=1S/C31H35N3O3.CH3/c1-3-26(35)8-5-13-33(2)25-10-12-28-30(20-25)37-29-19-24(32)9-11-27(29)31(28)23-7-4-6-22(18-23)21-34-14-16-36-17-15-34;/h4,6-7,9-12,18-20,32H,3,5,8,13-17,21H2,1-2H3;1H3/q;-1/p+1. The van der Waals surface area contributed by atoms with Crippen LogP contribution in [-0.4, -0.2) is 50.6 Å². The summed E-state index contributed by atoms with van der Waals surface area (Å²) in [5, 5.41) is 2.11. The predicted molar refractivity (Wildman–Crippen MR) is 156 cm³/mol. The highest BCUT2D eigenvalue weighted by Crippen LogP contribution is 2.40. The topological polar surface area (TPSA) is 71.7 Å². The van der Waals surface area contributed by atoms with E-state index in [-0.39, 0.29) is 7.43 Å². The summed E-state index contributed by atoms with van der Waals surface area (Å²) in [6, 6.07) is 21.1. The van der Waals surface area contributed by atoms with Crippen LogP contribution < -0.4 is 15.7 Å². The first-order chi connectivity index (χ1) is 18.0. The van der Waals surface area contributed by atoms with Gasteiger partial charge in [-0.25, -0.2) is 4.58 Å². The minimum Gasteiger partial charge on any atom is -0.456 e. The zero-order valence-corrected chi connectivity index (χ0v) is 22.8. The molecule has 1 saturated heterocycles. The van der Waals surface area contributed by atoms with Gasteiger partial charge in [-0.1, -0.05) is 25.1 Å². The maximum Gasteiger partial charge on any atom is 0.203 e. The Kier molecular flexibility index (Phi) is 8.97. The number of morpholine rings is 1. The molecule has 38 heavy (non-hydrogen) atoms. The molecular formula is C32H39N3O3. The third-order valence-corrected chi connectivity index (χ3v) is 7.24. The molecule has 0 amide bonds. The van der Waals surface area contributed by atoms with Crippen LogP contribution in [0, 0.1) is 7.43 Å². The largest absolute Gasteiger partial charge is 0.456 e. The van der Waals surface area contributed by atoms with Crippen molar-refractivity contribution < 1.29 is 13.9 Å². The van der Waals surface area contributed by atoms with Crippen LogP contribution in [0.3, 0.4) is 0 Å². The highest BCUT2D eigenvalue weighted by Gasteiger charge is 2.19. The van der Waals surface area contributed by atoms with Crippen molar-refractivity contribution in [3.8, 4) is 22.5 Å². The number of hydrogen-bond donors (Lipinski definition) is 1. The predicted octanol–water partition coefficient (Wildman–Crippen LogP) is 5.23. The average molecular weight is 514 g/mol. The molecule has 1 aliphatic carbocycles. The highest BCUT2D eigenvalue weighted by atomic mass is 16.5. The van der Waals surface area contributed by atoms with Crippen molar-refractivity contribution in [3.05, 3.63) is 79.0 Å². The monoisotopic (exact) mass is 513 g/mol. The van der Waals surface area contributed by atoms with E-state index in [1.54, 1.807) is 0 Å². The quantitative estimate of drug-likeness (QED) is 0.151. The number of anilines is 1. The van der Waals surface area contributed by atoms with Gasteiger partial charge in [-0.05, 0) is 35.4 Å². The van der Waals surface area contributed by atoms with Crippen LogP contribution in [0.5, 0.6) is 0 Å². The molecule has 2 heterocycles. The number of ether oxygens (including phenoxy) is 1. The summed E-state index contributed by atoms with van der Waals surface area (Å²) in [5.74, 6) is 1.13. The number of carbonyl (C=O) groups excluding carboxylic acids is 1.